The van der Waals surface area contributed by atoms with Gasteiger partial charge in [-0.3, -0.25) is 29.2 Å². The van der Waals surface area contributed by atoms with Crippen molar-refractivity contribution in [3.05, 3.63) is 70.8 Å². The topological polar surface area (TPSA) is 148 Å². The summed E-state index contributed by atoms with van der Waals surface area (Å²) >= 11 is 1.45. The van der Waals surface area contributed by atoms with Crippen molar-refractivity contribution < 1.29 is 28.7 Å². The van der Waals surface area contributed by atoms with Gasteiger partial charge in [0, 0.05) is 71.6 Å². The molecule has 3 atom stereocenters. The zero-order valence-electron chi connectivity index (χ0n) is 36.0. The molecule has 2 N–H and O–H groups in total. The SMILES string of the molecule is C=CC(=O)N1CC(OCC(C(=O)N[C@H]2Cc3nc(cs3)-c3ccc4c(c3)c(c(-c3cccnc3C(C)C)n4CC)CC(C)(C)COC(=O)[C@@H]3CCCN(N3)C2=O)C(C)C)C1. The Labute approximate surface area is 356 Å². The third-order valence-corrected chi connectivity index (χ3v) is 12.8. The van der Waals surface area contributed by atoms with E-state index in [2.05, 4.69) is 80.8 Å². The fourth-order valence-corrected chi connectivity index (χ4v) is 9.38. The monoisotopic (exact) mass is 837 g/mol. The van der Waals surface area contributed by atoms with E-state index in [0.29, 0.717) is 43.9 Å². The van der Waals surface area contributed by atoms with Crippen molar-refractivity contribution in [1.82, 2.24) is 35.2 Å². The lowest BCUT2D eigenvalue weighted by molar-refractivity contribution is -0.155. The number of carbonyl (C=O) groups is 4. The van der Waals surface area contributed by atoms with Crippen molar-refractivity contribution in [3.8, 4) is 22.5 Å². The number of hydrogen-bond donors (Lipinski definition) is 2. The molecule has 3 aliphatic rings. The first-order chi connectivity index (χ1) is 28.7. The molecule has 13 nitrogen and oxygen atoms in total. The number of pyridine rings is 1. The molecule has 1 aromatic carbocycles. The highest BCUT2D eigenvalue weighted by Gasteiger charge is 2.38. The molecule has 3 aromatic heterocycles. The molecule has 3 amide bonds. The summed E-state index contributed by atoms with van der Waals surface area (Å²) in [4.78, 5) is 65.8. The number of thiazole rings is 1. The van der Waals surface area contributed by atoms with E-state index in [1.807, 2.05) is 31.5 Å². The Bertz CT molecular complexity index is 2260. The number of hydrazine groups is 1. The van der Waals surface area contributed by atoms with E-state index in [1.165, 1.54) is 28.0 Å². The molecule has 0 aliphatic carbocycles. The minimum atomic E-state index is -0.966. The first-order valence-corrected chi connectivity index (χ1v) is 22.2. The van der Waals surface area contributed by atoms with E-state index < -0.39 is 29.4 Å². The number of rotatable bonds is 10. The summed E-state index contributed by atoms with van der Waals surface area (Å²) in [6, 6.07) is 8.94. The Morgan fingerprint density at radius 2 is 1.95 bits per heavy atom. The van der Waals surface area contributed by atoms with Crippen LogP contribution in [0.15, 0.2) is 54.6 Å². The molecule has 320 valence electrons. The standard InChI is InChI=1S/C46H59N7O6S/c1-9-40(54)51-22-30(23-51)58-24-34(27(3)4)43(55)49-36-20-39-48-37(25-60-39)29-15-16-38-32(19-29)33(42(52(38)10-2)31-13-11-17-47-41(31)28(5)6)21-46(7,8)26-59-45(57)35-14-12-18-53(50-35)44(36)56/h9,11,13,15-17,19,25,27-28,30,34-36,50H,1,10,12,14,18,20-24,26H2,2-8H3,(H,49,55)/t34?,35-,36-/m0/s1. The van der Waals surface area contributed by atoms with Crippen LogP contribution in [0.2, 0.25) is 0 Å². The summed E-state index contributed by atoms with van der Waals surface area (Å²) in [6.07, 6.45) is 4.85. The number of esters is 1. The van der Waals surface area contributed by atoms with Gasteiger partial charge in [-0.15, -0.1) is 11.3 Å². The lowest BCUT2D eigenvalue weighted by Gasteiger charge is -2.39. The van der Waals surface area contributed by atoms with Gasteiger partial charge in [0.2, 0.25) is 11.8 Å². The van der Waals surface area contributed by atoms with Crippen molar-refractivity contribution in [2.45, 2.75) is 105 Å². The molecule has 6 heterocycles. The number of nitrogens with one attached hydrogen (secondary N) is 2. The van der Waals surface area contributed by atoms with E-state index in [4.69, 9.17) is 19.4 Å². The highest BCUT2D eigenvalue weighted by Crippen LogP contribution is 2.42. The zero-order valence-corrected chi connectivity index (χ0v) is 36.8. The second-order valence-corrected chi connectivity index (χ2v) is 18.7. The fraction of sp³-hybridized carbons (Fsp3) is 0.522. The quantitative estimate of drug-likeness (QED) is 0.139. The van der Waals surface area contributed by atoms with Gasteiger partial charge in [-0.05, 0) is 73.9 Å². The normalized spacial score (nSPS) is 20.5. The fourth-order valence-electron chi connectivity index (χ4n) is 8.53. The van der Waals surface area contributed by atoms with Crippen LogP contribution in [0.25, 0.3) is 33.4 Å². The number of cyclic esters (lactones) is 1. The van der Waals surface area contributed by atoms with Crippen LogP contribution in [0, 0.1) is 17.3 Å². The first kappa shape index (κ1) is 43.2. The van der Waals surface area contributed by atoms with Gasteiger partial charge in [0.25, 0.3) is 5.91 Å². The number of hydrogen-bond acceptors (Lipinski definition) is 10. The van der Waals surface area contributed by atoms with Crippen LogP contribution in [0.3, 0.4) is 0 Å². The van der Waals surface area contributed by atoms with E-state index >= 15 is 0 Å². The molecule has 14 heteroatoms. The maximum atomic E-state index is 14.4. The zero-order chi connectivity index (χ0) is 42.9. The second kappa shape index (κ2) is 18.0. The molecule has 1 unspecified atom stereocenters. The maximum Gasteiger partial charge on any atom is 0.324 e. The minimum absolute atomic E-state index is 0.0914. The summed E-state index contributed by atoms with van der Waals surface area (Å²) in [6.45, 7) is 20.5. The molecule has 4 aromatic rings. The Morgan fingerprint density at radius 1 is 1.17 bits per heavy atom. The Hall–Kier alpha value is -4.92. The van der Waals surface area contributed by atoms with Crippen LogP contribution in [-0.2, 0) is 48.0 Å². The molecule has 0 saturated carbocycles. The Balaban J connectivity index is 1.25. The summed E-state index contributed by atoms with van der Waals surface area (Å²) < 4.78 is 14.6. The highest BCUT2D eigenvalue weighted by atomic mass is 32.1. The molecular weight excluding hydrogens is 779 g/mol. The molecule has 7 rings (SSSR count). The van der Waals surface area contributed by atoms with Gasteiger partial charge in [0.1, 0.15) is 12.1 Å². The summed E-state index contributed by atoms with van der Waals surface area (Å²) in [5, 5.41) is 8.34. The van der Waals surface area contributed by atoms with Gasteiger partial charge in [0.05, 0.1) is 47.3 Å². The highest BCUT2D eigenvalue weighted by molar-refractivity contribution is 7.10. The van der Waals surface area contributed by atoms with Crippen molar-refractivity contribution in [2.24, 2.45) is 17.3 Å². The number of amides is 3. The average Bonchev–Trinajstić information content (AvgIpc) is 3.81. The van der Waals surface area contributed by atoms with E-state index in [9.17, 15) is 19.2 Å². The third kappa shape index (κ3) is 9.06. The van der Waals surface area contributed by atoms with Crippen LogP contribution in [0.4, 0.5) is 0 Å². The Morgan fingerprint density at radius 3 is 2.67 bits per heavy atom. The molecule has 3 aliphatic heterocycles. The van der Waals surface area contributed by atoms with Crippen molar-refractivity contribution >= 4 is 45.9 Å². The van der Waals surface area contributed by atoms with Crippen LogP contribution in [0.1, 0.15) is 83.5 Å². The predicted octanol–water partition coefficient (Wildman–Crippen LogP) is 6.30. The first-order valence-electron chi connectivity index (χ1n) is 21.3. The summed E-state index contributed by atoms with van der Waals surface area (Å²) in [7, 11) is 0. The minimum Gasteiger partial charge on any atom is -0.464 e. The number of nitrogens with zero attached hydrogens (tertiary/aromatic N) is 5. The second-order valence-electron chi connectivity index (χ2n) is 17.8. The number of benzene rings is 1. The summed E-state index contributed by atoms with van der Waals surface area (Å²) in [5.74, 6) is -1.66. The number of carbonyl (C=O) groups excluding carboxylic acids is 4. The van der Waals surface area contributed by atoms with E-state index in [-0.39, 0.29) is 55.3 Å². The Kier molecular flexibility index (Phi) is 12.9. The number of ether oxygens (including phenoxy) is 2. The number of likely N-dealkylation sites (tertiary alicyclic amines) is 1. The lowest BCUT2D eigenvalue weighted by atomic mass is 9.84. The van der Waals surface area contributed by atoms with E-state index in [0.717, 1.165) is 45.7 Å². The van der Waals surface area contributed by atoms with Gasteiger partial charge in [-0.1, -0.05) is 54.2 Å². The molecule has 0 spiro atoms. The van der Waals surface area contributed by atoms with Gasteiger partial charge in [-0.25, -0.2) is 10.4 Å². The van der Waals surface area contributed by atoms with Crippen molar-refractivity contribution in [1.29, 1.82) is 0 Å². The van der Waals surface area contributed by atoms with Crippen LogP contribution < -0.4 is 10.7 Å². The molecular formula is C46H59N7O6S. The molecule has 6 bridgehead atoms. The molecule has 60 heavy (non-hydrogen) atoms. The van der Waals surface area contributed by atoms with Gasteiger partial charge >= 0.3 is 5.97 Å². The maximum absolute atomic E-state index is 14.4. The van der Waals surface area contributed by atoms with Crippen LogP contribution in [-0.4, -0.2) is 99.2 Å². The number of aryl methyl sites for hydroxylation is 1. The van der Waals surface area contributed by atoms with Gasteiger partial charge in [-0.2, -0.15) is 0 Å². The lowest BCUT2D eigenvalue weighted by Crippen LogP contribution is -2.61. The number of fused-ring (bicyclic) bond motifs is 6. The molecule has 0 radical (unpaired) electrons. The average molecular weight is 838 g/mol. The van der Waals surface area contributed by atoms with Gasteiger partial charge < -0.3 is 24.3 Å². The van der Waals surface area contributed by atoms with Gasteiger partial charge in [0.15, 0.2) is 0 Å². The third-order valence-electron chi connectivity index (χ3n) is 12.0. The smallest absolute Gasteiger partial charge is 0.324 e. The van der Waals surface area contributed by atoms with Crippen LogP contribution >= 0.6 is 11.3 Å². The van der Waals surface area contributed by atoms with Crippen molar-refractivity contribution in [3.63, 3.8) is 0 Å². The van der Waals surface area contributed by atoms with E-state index in [1.54, 1.807) is 4.90 Å². The predicted molar refractivity (Wildman–Crippen MR) is 233 cm³/mol. The molecule has 2 fully saturated rings. The van der Waals surface area contributed by atoms with Crippen molar-refractivity contribution in [2.75, 3.05) is 32.8 Å². The largest absolute Gasteiger partial charge is 0.464 e. The number of aromatic nitrogens is 3. The van der Waals surface area contributed by atoms with Crippen LogP contribution in [0.5, 0.6) is 0 Å². The summed E-state index contributed by atoms with van der Waals surface area (Å²) in [5.41, 5.74) is 9.96. The molecule has 2 saturated heterocycles.